The van der Waals surface area contributed by atoms with E-state index in [9.17, 15) is 15.0 Å². The van der Waals surface area contributed by atoms with Crippen LogP contribution in [0.15, 0.2) is 42.5 Å². The normalized spacial score (nSPS) is 15.3. The third-order valence-corrected chi connectivity index (χ3v) is 5.22. The van der Waals surface area contributed by atoms with E-state index < -0.39 is 11.4 Å². The maximum atomic E-state index is 11.8. The third-order valence-electron chi connectivity index (χ3n) is 4.74. The van der Waals surface area contributed by atoms with Gasteiger partial charge in [-0.05, 0) is 42.7 Å². The number of nitrogens with zero attached hydrogens (tertiary/aromatic N) is 1. The maximum absolute atomic E-state index is 11.8. The van der Waals surface area contributed by atoms with Crippen LogP contribution in [0.2, 0.25) is 10.0 Å². The number of hydrogen-bond acceptors (Lipinski definition) is 3. The quantitative estimate of drug-likeness (QED) is 0.675. The van der Waals surface area contributed by atoms with Crippen LogP contribution in [0.1, 0.15) is 34.5 Å². The van der Waals surface area contributed by atoms with Crippen molar-refractivity contribution in [2.45, 2.75) is 18.3 Å². The van der Waals surface area contributed by atoms with E-state index >= 15 is 0 Å². The fraction of sp³-hybridized carbons (Fsp3) is 0.158. The van der Waals surface area contributed by atoms with Gasteiger partial charge in [-0.1, -0.05) is 41.4 Å². The number of fused-ring (bicyclic) bond motifs is 1. The van der Waals surface area contributed by atoms with Gasteiger partial charge in [0.1, 0.15) is 5.56 Å². The summed E-state index contributed by atoms with van der Waals surface area (Å²) in [6.45, 7) is 0. The summed E-state index contributed by atoms with van der Waals surface area (Å²) < 4.78 is 0. The van der Waals surface area contributed by atoms with Crippen molar-refractivity contribution in [3.05, 3.63) is 69.3 Å². The van der Waals surface area contributed by atoms with Crippen LogP contribution in [0.5, 0.6) is 5.75 Å². The number of aromatic carboxylic acids is 1. The Kier molecular flexibility index (Phi) is 3.63. The Morgan fingerprint density at radius 3 is 2.28 bits per heavy atom. The van der Waals surface area contributed by atoms with Crippen molar-refractivity contribution in [1.29, 1.82) is 0 Å². The highest BCUT2D eigenvalue weighted by atomic mass is 35.5. The topological polar surface area (TPSA) is 70.4 Å². The average molecular weight is 374 g/mol. The molecule has 1 aliphatic carbocycles. The number of halogens is 2. The summed E-state index contributed by atoms with van der Waals surface area (Å²) in [7, 11) is 0. The van der Waals surface area contributed by atoms with Crippen molar-refractivity contribution >= 4 is 40.1 Å². The number of aromatic hydroxyl groups is 1. The minimum atomic E-state index is -1.19. The number of carbonyl (C=O) groups is 1. The lowest BCUT2D eigenvalue weighted by atomic mass is 9.89. The number of benzene rings is 2. The van der Waals surface area contributed by atoms with Crippen molar-refractivity contribution < 1.29 is 15.0 Å². The summed E-state index contributed by atoms with van der Waals surface area (Å²) in [5.74, 6) is -1.48. The highest BCUT2D eigenvalue weighted by Gasteiger charge is 2.49. The van der Waals surface area contributed by atoms with Gasteiger partial charge in [-0.25, -0.2) is 9.78 Å². The van der Waals surface area contributed by atoms with Crippen molar-refractivity contribution in [2.24, 2.45) is 0 Å². The highest BCUT2D eigenvalue weighted by Crippen LogP contribution is 2.56. The minimum Gasteiger partial charge on any atom is -0.505 e. The van der Waals surface area contributed by atoms with Crippen molar-refractivity contribution in [3.63, 3.8) is 0 Å². The molecule has 0 spiro atoms. The molecule has 4 rings (SSSR count). The van der Waals surface area contributed by atoms with Crippen LogP contribution in [0.25, 0.3) is 10.9 Å². The molecule has 25 heavy (non-hydrogen) atoms. The lowest BCUT2D eigenvalue weighted by Crippen LogP contribution is -2.14. The van der Waals surface area contributed by atoms with Gasteiger partial charge in [0.05, 0.1) is 11.2 Å². The largest absolute Gasteiger partial charge is 0.505 e. The smallest absolute Gasteiger partial charge is 0.340 e. The summed E-state index contributed by atoms with van der Waals surface area (Å²) >= 11 is 12.0. The van der Waals surface area contributed by atoms with Gasteiger partial charge < -0.3 is 10.2 Å². The van der Waals surface area contributed by atoms with Crippen LogP contribution < -0.4 is 0 Å². The van der Waals surface area contributed by atoms with E-state index in [1.807, 2.05) is 12.1 Å². The molecule has 0 aliphatic heterocycles. The molecule has 0 radical (unpaired) electrons. The van der Waals surface area contributed by atoms with E-state index in [4.69, 9.17) is 23.2 Å². The third kappa shape index (κ3) is 2.53. The summed E-state index contributed by atoms with van der Waals surface area (Å²) in [5.41, 5.74) is 1.16. The second-order valence-electron chi connectivity index (χ2n) is 6.24. The zero-order chi connectivity index (χ0) is 17.8. The van der Waals surface area contributed by atoms with Crippen molar-refractivity contribution in [1.82, 2.24) is 4.98 Å². The molecule has 0 unspecified atom stereocenters. The first-order valence-corrected chi connectivity index (χ1v) is 8.50. The van der Waals surface area contributed by atoms with Gasteiger partial charge in [-0.3, -0.25) is 0 Å². The molecule has 6 heteroatoms. The molecule has 1 saturated carbocycles. The van der Waals surface area contributed by atoms with Crippen LogP contribution in [-0.2, 0) is 5.41 Å². The number of carboxylic acids is 1. The lowest BCUT2D eigenvalue weighted by Gasteiger charge is -2.19. The summed E-state index contributed by atoms with van der Waals surface area (Å²) in [6.07, 6.45) is 1.56. The molecule has 1 aliphatic rings. The zero-order valence-electron chi connectivity index (χ0n) is 13.0. The second kappa shape index (κ2) is 5.61. The molecular formula is C19H13Cl2NO3. The molecule has 0 atom stereocenters. The fourth-order valence-corrected chi connectivity index (χ4v) is 3.63. The fourth-order valence-electron chi connectivity index (χ4n) is 3.33. The Morgan fingerprint density at radius 1 is 1.04 bits per heavy atom. The van der Waals surface area contributed by atoms with E-state index in [2.05, 4.69) is 4.98 Å². The predicted molar refractivity (Wildman–Crippen MR) is 96.8 cm³/mol. The molecule has 2 N–H and O–H groups in total. The van der Waals surface area contributed by atoms with Crippen LogP contribution >= 0.6 is 23.2 Å². The molecule has 4 nitrogen and oxygen atoms in total. The first-order chi connectivity index (χ1) is 11.9. The molecule has 3 aromatic rings. The van der Waals surface area contributed by atoms with Crippen LogP contribution in [0.3, 0.4) is 0 Å². The highest BCUT2D eigenvalue weighted by molar-refractivity contribution is 6.31. The van der Waals surface area contributed by atoms with Crippen molar-refractivity contribution in [2.75, 3.05) is 0 Å². The SMILES string of the molecule is O=C(O)c1c(O)c(C2(c3ccc(Cl)cc3)CC2)nc2cc(Cl)ccc12. The van der Waals surface area contributed by atoms with Crippen molar-refractivity contribution in [3.8, 4) is 5.75 Å². The van der Waals surface area contributed by atoms with Gasteiger partial charge in [-0.2, -0.15) is 0 Å². The Hall–Kier alpha value is -2.30. The van der Waals surface area contributed by atoms with E-state index in [1.54, 1.807) is 30.3 Å². The van der Waals surface area contributed by atoms with E-state index in [1.165, 1.54) is 0 Å². The first-order valence-electron chi connectivity index (χ1n) is 7.74. The van der Waals surface area contributed by atoms with E-state index in [-0.39, 0.29) is 11.3 Å². The van der Waals surface area contributed by atoms with Gasteiger partial charge in [0.25, 0.3) is 0 Å². The minimum absolute atomic E-state index is 0.142. The van der Waals surface area contributed by atoms with Gasteiger partial charge in [0.2, 0.25) is 0 Å². The van der Waals surface area contributed by atoms with Crippen LogP contribution in [-0.4, -0.2) is 21.2 Å². The Labute approximate surface area is 153 Å². The number of pyridine rings is 1. The van der Waals surface area contributed by atoms with Gasteiger partial charge in [0, 0.05) is 20.8 Å². The Morgan fingerprint density at radius 2 is 1.68 bits per heavy atom. The van der Waals surface area contributed by atoms with E-state index in [0.29, 0.717) is 26.6 Å². The molecule has 0 saturated heterocycles. The molecule has 1 heterocycles. The standard InChI is InChI=1S/C19H13Cl2NO3/c20-11-3-1-10(2-4-11)19(7-8-19)17-16(23)15(18(24)25)13-6-5-12(21)9-14(13)22-17/h1-6,9,23H,7-8H2,(H,24,25). The maximum Gasteiger partial charge on any atom is 0.340 e. The van der Waals surface area contributed by atoms with Gasteiger partial charge in [-0.15, -0.1) is 0 Å². The summed E-state index contributed by atoms with van der Waals surface area (Å²) in [5, 5.41) is 21.8. The first kappa shape index (κ1) is 16.2. The summed E-state index contributed by atoms with van der Waals surface area (Å²) in [6, 6.07) is 12.1. The summed E-state index contributed by atoms with van der Waals surface area (Å²) in [4.78, 5) is 16.3. The van der Waals surface area contributed by atoms with E-state index in [0.717, 1.165) is 18.4 Å². The average Bonchev–Trinajstić information content (AvgIpc) is 3.36. The van der Waals surface area contributed by atoms with Crippen LogP contribution in [0.4, 0.5) is 0 Å². The zero-order valence-corrected chi connectivity index (χ0v) is 14.5. The number of aromatic nitrogens is 1. The monoisotopic (exact) mass is 373 g/mol. The Balaban J connectivity index is 2.00. The molecule has 1 fully saturated rings. The van der Waals surface area contributed by atoms with Gasteiger partial charge >= 0.3 is 5.97 Å². The van der Waals surface area contributed by atoms with Crippen LogP contribution in [0, 0.1) is 0 Å². The molecule has 0 amide bonds. The predicted octanol–water partition coefficient (Wildman–Crippen LogP) is 5.03. The molecule has 126 valence electrons. The number of rotatable bonds is 3. The molecule has 2 aromatic carbocycles. The molecule has 0 bridgehead atoms. The molecule has 1 aromatic heterocycles. The Bertz CT molecular complexity index is 1010. The van der Waals surface area contributed by atoms with Gasteiger partial charge in [0.15, 0.2) is 5.75 Å². The number of hydrogen-bond donors (Lipinski definition) is 2. The lowest BCUT2D eigenvalue weighted by molar-refractivity contribution is 0.0695. The molecular weight excluding hydrogens is 361 g/mol. The second-order valence-corrected chi connectivity index (χ2v) is 7.11. The number of carboxylic acid groups (broad SMARTS) is 1.